The maximum Gasteiger partial charge on any atom is 0.247 e. The van der Waals surface area contributed by atoms with Crippen molar-refractivity contribution in [3.63, 3.8) is 0 Å². The molecule has 0 aliphatic heterocycles. The summed E-state index contributed by atoms with van der Waals surface area (Å²) < 4.78 is 5.91. The van der Waals surface area contributed by atoms with E-state index < -0.39 is 5.23 Å². The summed E-state index contributed by atoms with van der Waals surface area (Å²) in [4.78, 5) is 0. The summed E-state index contributed by atoms with van der Waals surface area (Å²) in [5, 5.41) is 31.1. The molecule has 4 unspecified atom stereocenters. The summed E-state index contributed by atoms with van der Waals surface area (Å²) in [5.74, 6) is 3.24. The fourth-order valence-corrected chi connectivity index (χ4v) is 4.30. The average molecular weight is 415 g/mol. The van der Waals surface area contributed by atoms with Crippen LogP contribution < -0.4 is 10.5 Å². The van der Waals surface area contributed by atoms with Gasteiger partial charge < -0.3 is 14.9 Å². The third kappa shape index (κ3) is 5.55. The maximum absolute atomic E-state index is 11.0. The molecule has 1 aromatic heterocycles. The van der Waals surface area contributed by atoms with Gasteiger partial charge in [0.15, 0.2) is 5.69 Å². The second-order valence-corrected chi connectivity index (χ2v) is 9.07. The van der Waals surface area contributed by atoms with Crippen LogP contribution in [-0.2, 0) is 6.42 Å². The fraction of sp³-hybridized carbons (Fsp3) is 0.565. The number of nitrogens with zero attached hydrogens (tertiary/aromatic N) is 2. The third-order valence-corrected chi connectivity index (χ3v) is 6.11. The molecule has 7 nitrogen and oxygen atoms in total. The Morgan fingerprint density at radius 2 is 1.90 bits per heavy atom. The number of rotatable bonds is 8. The molecule has 0 saturated heterocycles. The molecule has 1 aliphatic rings. The van der Waals surface area contributed by atoms with Gasteiger partial charge in [-0.2, -0.15) is 5.23 Å². The molecular formula is C23H34N4O3. The zero-order chi connectivity index (χ0) is 21.8. The molecule has 0 radical (unpaired) electrons. The fourth-order valence-electron chi connectivity index (χ4n) is 4.30. The lowest BCUT2D eigenvalue weighted by Gasteiger charge is -2.37. The first kappa shape index (κ1) is 22.6. The van der Waals surface area contributed by atoms with Crippen molar-refractivity contribution in [1.82, 2.24) is 15.5 Å². The Morgan fingerprint density at radius 3 is 2.50 bits per heavy atom. The number of quaternary nitrogens is 1. The minimum absolute atomic E-state index is 0.239. The van der Waals surface area contributed by atoms with Gasteiger partial charge in [0, 0.05) is 36.7 Å². The second-order valence-electron chi connectivity index (χ2n) is 9.07. The Hall–Kier alpha value is -2.06. The van der Waals surface area contributed by atoms with Crippen molar-refractivity contribution in [2.24, 2.45) is 23.7 Å². The molecule has 2 aromatic rings. The Morgan fingerprint density at radius 1 is 1.20 bits per heavy atom. The average Bonchev–Trinajstić information content (AvgIpc) is 3.16. The van der Waals surface area contributed by atoms with E-state index in [2.05, 4.69) is 56.2 Å². The summed E-state index contributed by atoms with van der Waals surface area (Å²) >= 11 is 0. The predicted molar refractivity (Wildman–Crippen MR) is 116 cm³/mol. The van der Waals surface area contributed by atoms with Crippen LogP contribution in [0.15, 0.2) is 40.3 Å². The summed E-state index contributed by atoms with van der Waals surface area (Å²) in [6.45, 7) is 12.2. The topological polar surface area (TPSA) is 98.7 Å². The standard InChI is InChI=1S/C23H34N4O3/c1-14(2)21-11-18(16(5)10-19(21)13-24-15(3)4)12-22-25-26-23(30-22)17-6-8-20(9-7-17)27(28)29/h6-10,14-15,18-19,21,24,27-28H,11-13H2,1-5H3. The highest BCUT2D eigenvalue weighted by Gasteiger charge is 2.32. The molecule has 0 amide bonds. The van der Waals surface area contributed by atoms with Gasteiger partial charge in [-0.15, -0.1) is 10.2 Å². The van der Waals surface area contributed by atoms with Crippen molar-refractivity contribution in [1.29, 1.82) is 0 Å². The van der Waals surface area contributed by atoms with E-state index in [0.29, 0.717) is 41.5 Å². The first-order valence-electron chi connectivity index (χ1n) is 10.8. The van der Waals surface area contributed by atoms with Crippen molar-refractivity contribution in [2.45, 2.75) is 53.5 Å². The first-order valence-corrected chi connectivity index (χ1v) is 10.8. The highest BCUT2D eigenvalue weighted by Crippen LogP contribution is 2.38. The van der Waals surface area contributed by atoms with Crippen molar-refractivity contribution >= 4 is 5.69 Å². The molecule has 1 aromatic carbocycles. The molecule has 164 valence electrons. The first-order chi connectivity index (χ1) is 14.2. The van der Waals surface area contributed by atoms with Crippen LogP contribution in [0.25, 0.3) is 11.5 Å². The van der Waals surface area contributed by atoms with Crippen molar-refractivity contribution in [3.8, 4) is 11.5 Å². The Labute approximate surface area is 178 Å². The Balaban J connectivity index is 1.71. The highest BCUT2D eigenvalue weighted by atomic mass is 16.8. The molecule has 0 spiro atoms. The lowest BCUT2D eigenvalue weighted by molar-refractivity contribution is -0.991. The molecule has 0 fully saturated rings. The minimum atomic E-state index is -0.950. The van der Waals surface area contributed by atoms with Gasteiger partial charge in [-0.05, 0) is 49.1 Å². The molecular weight excluding hydrogens is 380 g/mol. The SMILES string of the molecule is CC1=CC(CNC(C)C)C(C(C)C)CC1Cc1nnc(-c2ccc([NH+]([O-])O)cc2)o1. The smallest absolute Gasteiger partial charge is 0.247 e. The maximum atomic E-state index is 11.0. The molecule has 4 atom stereocenters. The summed E-state index contributed by atoms with van der Waals surface area (Å²) in [6, 6.07) is 6.99. The normalized spacial score (nSPS) is 23.1. The van der Waals surface area contributed by atoms with E-state index in [9.17, 15) is 5.21 Å². The zero-order valence-corrected chi connectivity index (χ0v) is 18.6. The number of allylic oxidation sites excluding steroid dienone is 1. The van der Waals surface area contributed by atoms with Gasteiger partial charge in [0.25, 0.3) is 0 Å². The van der Waals surface area contributed by atoms with Crippen LogP contribution in [0.3, 0.4) is 0 Å². The summed E-state index contributed by atoms with van der Waals surface area (Å²) in [7, 11) is 0. The van der Waals surface area contributed by atoms with Crippen LogP contribution in [0.2, 0.25) is 0 Å². The summed E-state index contributed by atoms with van der Waals surface area (Å²) in [5.41, 5.74) is 2.37. The molecule has 1 aliphatic carbocycles. The lowest BCUT2D eigenvalue weighted by atomic mass is 9.70. The van der Waals surface area contributed by atoms with Gasteiger partial charge >= 0.3 is 0 Å². The third-order valence-electron chi connectivity index (χ3n) is 6.11. The van der Waals surface area contributed by atoms with Crippen LogP contribution in [0.5, 0.6) is 0 Å². The summed E-state index contributed by atoms with van der Waals surface area (Å²) in [6.07, 6.45) is 4.29. The van der Waals surface area contributed by atoms with Crippen LogP contribution in [0.4, 0.5) is 5.69 Å². The van der Waals surface area contributed by atoms with Crippen LogP contribution in [0, 0.1) is 28.9 Å². The van der Waals surface area contributed by atoms with Gasteiger partial charge in [-0.1, -0.05) is 39.3 Å². The zero-order valence-electron chi connectivity index (χ0n) is 18.6. The quantitative estimate of drug-likeness (QED) is 0.451. The molecule has 1 heterocycles. The van der Waals surface area contributed by atoms with E-state index in [-0.39, 0.29) is 5.69 Å². The van der Waals surface area contributed by atoms with Crippen molar-refractivity contribution in [2.75, 3.05) is 6.54 Å². The van der Waals surface area contributed by atoms with E-state index in [0.717, 1.165) is 24.9 Å². The van der Waals surface area contributed by atoms with Gasteiger partial charge in [-0.3, -0.25) is 0 Å². The van der Waals surface area contributed by atoms with E-state index in [1.807, 2.05) is 0 Å². The second kappa shape index (κ2) is 9.83. The largest absolute Gasteiger partial charge is 0.595 e. The molecule has 3 N–H and O–H groups in total. The molecule has 7 heteroatoms. The molecule has 30 heavy (non-hydrogen) atoms. The van der Waals surface area contributed by atoms with Crippen LogP contribution in [0.1, 0.15) is 46.9 Å². The molecule has 0 bridgehead atoms. The number of hydrogen-bond acceptors (Lipinski definition) is 6. The van der Waals surface area contributed by atoms with E-state index >= 15 is 0 Å². The Bertz CT molecular complexity index is 842. The molecule has 3 rings (SSSR count). The van der Waals surface area contributed by atoms with E-state index in [1.165, 1.54) is 5.57 Å². The monoisotopic (exact) mass is 414 g/mol. The number of benzene rings is 1. The number of aromatic nitrogens is 2. The van der Waals surface area contributed by atoms with Crippen LogP contribution >= 0.6 is 0 Å². The van der Waals surface area contributed by atoms with Gasteiger partial charge in [0.2, 0.25) is 11.8 Å². The Kier molecular flexibility index (Phi) is 7.41. The van der Waals surface area contributed by atoms with Crippen molar-refractivity contribution in [3.05, 3.63) is 47.0 Å². The number of nitrogens with one attached hydrogen (secondary N) is 2. The lowest BCUT2D eigenvalue weighted by Crippen LogP contribution is -2.99. The van der Waals surface area contributed by atoms with Gasteiger partial charge in [0.05, 0.1) is 0 Å². The van der Waals surface area contributed by atoms with E-state index in [4.69, 9.17) is 9.62 Å². The number of hydrogen-bond donors (Lipinski definition) is 3. The highest BCUT2D eigenvalue weighted by molar-refractivity contribution is 5.55. The predicted octanol–water partition coefficient (Wildman–Crippen LogP) is 3.54. The van der Waals surface area contributed by atoms with E-state index in [1.54, 1.807) is 24.3 Å². The van der Waals surface area contributed by atoms with Crippen molar-refractivity contribution < 1.29 is 14.9 Å². The van der Waals surface area contributed by atoms with Crippen LogP contribution in [-0.4, -0.2) is 28.0 Å². The minimum Gasteiger partial charge on any atom is -0.595 e. The van der Waals surface area contributed by atoms with Gasteiger partial charge in [-0.25, -0.2) is 5.21 Å². The van der Waals surface area contributed by atoms with Gasteiger partial charge in [0.1, 0.15) is 0 Å². The molecule has 0 saturated carbocycles.